The maximum absolute atomic E-state index is 13.5. The molecule has 0 radical (unpaired) electrons. The second kappa shape index (κ2) is 4.86. The summed E-state index contributed by atoms with van der Waals surface area (Å²) in [5, 5.41) is 0. The molecule has 3 aliphatic heterocycles. The molecule has 0 aromatic carbocycles. The summed E-state index contributed by atoms with van der Waals surface area (Å²) in [6.45, 7) is 5.00. The van der Waals surface area contributed by atoms with E-state index in [-0.39, 0.29) is 0 Å². The molecule has 1 aliphatic carbocycles. The van der Waals surface area contributed by atoms with Gasteiger partial charge in [-0.05, 0) is 26.7 Å². The van der Waals surface area contributed by atoms with Crippen LogP contribution in [0.2, 0.25) is 0 Å². The van der Waals surface area contributed by atoms with Crippen LogP contribution >= 0.6 is 0 Å². The third-order valence-electron chi connectivity index (χ3n) is 5.39. The van der Waals surface area contributed by atoms with E-state index in [0.717, 1.165) is 0 Å². The molecule has 24 heavy (non-hydrogen) atoms. The lowest BCUT2D eigenvalue weighted by molar-refractivity contribution is -0.281. The Morgan fingerprint density at radius 2 is 1.92 bits per heavy atom. The van der Waals surface area contributed by atoms with Crippen molar-refractivity contribution in [3.63, 3.8) is 0 Å². The molecule has 4 bridgehead atoms. The van der Waals surface area contributed by atoms with Gasteiger partial charge in [0, 0.05) is 0 Å². The smallest absolute Gasteiger partial charge is 0.408 e. The highest BCUT2D eigenvalue weighted by Crippen LogP contribution is 2.60. The van der Waals surface area contributed by atoms with E-state index in [1.165, 1.54) is 0 Å². The van der Waals surface area contributed by atoms with Gasteiger partial charge in [0.25, 0.3) is 0 Å². The fourth-order valence-electron chi connectivity index (χ4n) is 3.38. The van der Waals surface area contributed by atoms with Crippen molar-refractivity contribution in [2.45, 2.75) is 58.1 Å². The zero-order valence-corrected chi connectivity index (χ0v) is 13.3. The van der Waals surface area contributed by atoms with Crippen LogP contribution in [0.4, 0.5) is 13.2 Å². The SMILES string of the molecule is CCC(C)(C)C(=O)OC1C2CC3(C(F)(F)F)C(=O)OC1C3OC2=O. The summed E-state index contributed by atoms with van der Waals surface area (Å²) in [5.74, 6) is -4.40. The Bertz CT molecular complexity index is 613. The third kappa shape index (κ3) is 1.99. The molecule has 1 saturated carbocycles. The maximum atomic E-state index is 13.5. The summed E-state index contributed by atoms with van der Waals surface area (Å²) < 4.78 is 55.4. The van der Waals surface area contributed by atoms with E-state index < -0.39 is 65.6 Å². The van der Waals surface area contributed by atoms with Gasteiger partial charge < -0.3 is 14.2 Å². The lowest BCUT2D eigenvalue weighted by Crippen LogP contribution is -2.67. The Labute approximate surface area is 135 Å². The minimum atomic E-state index is -4.92. The first kappa shape index (κ1) is 17.0. The summed E-state index contributed by atoms with van der Waals surface area (Å²) in [7, 11) is 0. The van der Waals surface area contributed by atoms with Crippen molar-refractivity contribution in [3.8, 4) is 0 Å². The van der Waals surface area contributed by atoms with E-state index >= 15 is 0 Å². The van der Waals surface area contributed by atoms with Crippen LogP contribution in [0, 0.1) is 16.7 Å². The van der Waals surface area contributed by atoms with Crippen LogP contribution < -0.4 is 0 Å². The molecule has 9 heteroatoms. The van der Waals surface area contributed by atoms with Gasteiger partial charge in [-0.25, -0.2) is 0 Å². The first-order chi connectivity index (χ1) is 11.0. The van der Waals surface area contributed by atoms with Gasteiger partial charge in [-0.15, -0.1) is 0 Å². The van der Waals surface area contributed by atoms with E-state index in [2.05, 4.69) is 0 Å². The number of rotatable bonds is 3. The third-order valence-corrected chi connectivity index (χ3v) is 5.39. The topological polar surface area (TPSA) is 78.9 Å². The molecular formula is C15H17F3O6. The zero-order chi connectivity index (χ0) is 18.1. The number of carbonyl (C=O) groups excluding carboxylic acids is 3. The van der Waals surface area contributed by atoms with Crippen LogP contribution in [0.25, 0.3) is 0 Å². The number of carbonyl (C=O) groups is 3. The normalized spacial score (nSPS) is 37.9. The standard InChI is InChI=1S/C15H17F3O6/c1-4-13(2,3)11(20)22-7-6-5-14(15(16,17)18)9(24-10(6)19)8(7)23-12(14)21/h6-9H,4-5H2,1-3H3. The van der Waals surface area contributed by atoms with Crippen molar-refractivity contribution < 1.29 is 41.8 Å². The van der Waals surface area contributed by atoms with Crippen LogP contribution in [0.3, 0.4) is 0 Å². The van der Waals surface area contributed by atoms with E-state index in [0.29, 0.717) is 6.42 Å². The van der Waals surface area contributed by atoms with E-state index in [9.17, 15) is 27.6 Å². The van der Waals surface area contributed by atoms with Crippen molar-refractivity contribution in [2.75, 3.05) is 0 Å². The second-order valence-electron chi connectivity index (χ2n) is 7.11. The molecule has 6 nitrogen and oxygen atoms in total. The fraction of sp³-hybridized carbons (Fsp3) is 0.800. The highest BCUT2D eigenvalue weighted by Gasteiger charge is 2.81. The van der Waals surface area contributed by atoms with Crippen LogP contribution in [0.1, 0.15) is 33.6 Å². The Morgan fingerprint density at radius 1 is 1.29 bits per heavy atom. The molecule has 4 fully saturated rings. The maximum Gasteiger partial charge on any atom is 0.408 e. The average Bonchev–Trinajstić information content (AvgIpc) is 2.70. The molecule has 0 aromatic heterocycles. The number of hydrogen-bond donors (Lipinski definition) is 0. The Balaban J connectivity index is 1.94. The minimum Gasteiger partial charge on any atom is -0.457 e. The minimum absolute atomic E-state index is 0.439. The second-order valence-corrected chi connectivity index (χ2v) is 7.11. The van der Waals surface area contributed by atoms with Crippen molar-refractivity contribution in [1.82, 2.24) is 0 Å². The van der Waals surface area contributed by atoms with E-state index in [1.807, 2.05) is 0 Å². The molecule has 3 heterocycles. The van der Waals surface area contributed by atoms with Crippen molar-refractivity contribution in [1.29, 1.82) is 0 Å². The molecule has 0 spiro atoms. The van der Waals surface area contributed by atoms with Crippen LogP contribution in [0.5, 0.6) is 0 Å². The van der Waals surface area contributed by atoms with Gasteiger partial charge in [-0.1, -0.05) is 6.92 Å². The predicted molar refractivity (Wildman–Crippen MR) is 70.3 cm³/mol. The highest BCUT2D eigenvalue weighted by atomic mass is 19.4. The highest BCUT2D eigenvalue weighted by molar-refractivity contribution is 5.88. The lowest BCUT2D eigenvalue weighted by Gasteiger charge is -2.47. The molecule has 0 N–H and O–H groups in total. The summed E-state index contributed by atoms with van der Waals surface area (Å²) in [4.78, 5) is 36.1. The van der Waals surface area contributed by atoms with Crippen molar-refractivity contribution in [3.05, 3.63) is 0 Å². The number of alkyl halides is 3. The zero-order valence-electron chi connectivity index (χ0n) is 13.3. The molecule has 5 unspecified atom stereocenters. The van der Waals surface area contributed by atoms with Gasteiger partial charge in [0.05, 0.1) is 11.3 Å². The average molecular weight is 350 g/mol. The summed E-state index contributed by atoms with van der Waals surface area (Å²) in [6.07, 6.45) is -9.79. The number of ether oxygens (including phenoxy) is 3. The molecule has 134 valence electrons. The van der Waals surface area contributed by atoms with E-state index in [1.54, 1.807) is 20.8 Å². The molecule has 4 rings (SSSR count). The first-order valence-electron chi connectivity index (χ1n) is 7.65. The number of hydrogen-bond acceptors (Lipinski definition) is 6. The Morgan fingerprint density at radius 3 is 2.46 bits per heavy atom. The lowest BCUT2D eigenvalue weighted by atomic mass is 9.64. The Hall–Kier alpha value is -1.80. The molecule has 0 aromatic rings. The van der Waals surface area contributed by atoms with Gasteiger partial charge in [0.15, 0.2) is 18.3 Å². The quantitative estimate of drug-likeness (QED) is 0.570. The summed E-state index contributed by atoms with van der Waals surface area (Å²) in [6, 6.07) is 0. The molecule has 4 aliphatic rings. The van der Waals surface area contributed by atoms with E-state index in [4.69, 9.17) is 14.2 Å². The van der Waals surface area contributed by atoms with Crippen LogP contribution in [-0.4, -0.2) is 42.4 Å². The molecule has 3 saturated heterocycles. The monoisotopic (exact) mass is 350 g/mol. The largest absolute Gasteiger partial charge is 0.457 e. The number of fused-ring (bicyclic) bond motifs is 1. The van der Waals surface area contributed by atoms with Crippen molar-refractivity contribution in [2.24, 2.45) is 16.7 Å². The first-order valence-corrected chi connectivity index (χ1v) is 7.65. The van der Waals surface area contributed by atoms with Crippen LogP contribution in [0.15, 0.2) is 0 Å². The van der Waals surface area contributed by atoms with Crippen molar-refractivity contribution >= 4 is 17.9 Å². The van der Waals surface area contributed by atoms with Gasteiger partial charge >= 0.3 is 24.1 Å². The van der Waals surface area contributed by atoms with Gasteiger partial charge in [-0.2, -0.15) is 13.2 Å². The van der Waals surface area contributed by atoms with Gasteiger partial charge in [0.1, 0.15) is 0 Å². The number of esters is 3. The Kier molecular flexibility index (Phi) is 3.45. The summed E-state index contributed by atoms with van der Waals surface area (Å²) >= 11 is 0. The predicted octanol–water partition coefficient (Wildman–Crippen LogP) is 1.75. The molecule has 5 atom stereocenters. The van der Waals surface area contributed by atoms with Gasteiger partial charge in [0.2, 0.25) is 5.41 Å². The molecule has 0 amide bonds. The van der Waals surface area contributed by atoms with Crippen LogP contribution in [-0.2, 0) is 28.6 Å². The summed E-state index contributed by atoms with van der Waals surface area (Å²) in [5.41, 5.74) is -3.73. The fourth-order valence-corrected chi connectivity index (χ4v) is 3.38. The number of halogens is 3. The van der Waals surface area contributed by atoms with Gasteiger partial charge in [-0.3, -0.25) is 14.4 Å². The molecular weight excluding hydrogens is 333 g/mol.